The van der Waals surface area contributed by atoms with E-state index in [2.05, 4.69) is 4.98 Å². The summed E-state index contributed by atoms with van der Waals surface area (Å²) in [7, 11) is 0. The molecule has 1 atom stereocenters. The van der Waals surface area contributed by atoms with E-state index in [1.54, 1.807) is 0 Å². The average molecular weight is 263 g/mol. The van der Waals surface area contributed by atoms with E-state index in [1.807, 2.05) is 0 Å². The van der Waals surface area contributed by atoms with Crippen LogP contribution in [0.25, 0.3) is 0 Å². The van der Waals surface area contributed by atoms with Crippen LogP contribution >= 0.6 is 23.2 Å². The van der Waals surface area contributed by atoms with E-state index in [-0.39, 0.29) is 15.6 Å². The minimum absolute atomic E-state index is 0.0182. The highest BCUT2D eigenvalue weighted by molar-refractivity contribution is 6.42. The summed E-state index contributed by atoms with van der Waals surface area (Å²) in [5.74, 6) is 0. The molecule has 0 radical (unpaired) electrons. The highest BCUT2D eigenvalue weighted by atomic mass is 35.5. The Balaban J connectivity index is 2.61. The summed E-state index contributed by atoms with van der Waals surface area (Å²) in [6, 6.07) is 3.63. The molecule has 0 saturated heterocycles. The van der Waals surface area contributed by atoms with Crippen LogP contribution in [-0.2, 0) is 6.50 Å². The van der Waals surface area contributed by atoms with Crippen molar-refractivity contribution in [2.24, 2.45) is 0 Å². The summed E-state index contributed by atoms with van der Waals surface area (Å²) in [6.07, 6.45) is -4.98. The summed E-state index contributed by atoms with van der Waals surface area (Å²) < 4.78 is 46.8. The molecule has 0 bridgehead atoms. The van der Waals surface area contributed by atoms with Gasteiger partial charge in [0.1, 0.15) is 1.37 Å². The van der Waals surface area contributed by atoms with Gasteiger partial charge < -0.3 is 9.67 Å². The van der Waals surface area contributed by atoms with Gasteiger partial charge in [0.25, 0.3) is 0 Å². The lowest BCUT2D eigenvalue weighted by molar-refractivity contribution is 0.156. The molecule has 0 aliphatic carbocycles. The summed E-state index contributed by atoms with van der Waals surface area (Å²) >= 11 is 11.6. The smallest absolute Gasteiger partial charge is 0.104 e. The normalized spacial score (nSPS) is 20.9. The molecule has 2 rings (SSSR count). The molecule has 0 saturated carbocycles. The van der Waals surface area contributed by atoms with Crippen molar-refractivity contribution in [3.8, 4) is 0 Å². The van der Waals surface area contributed by atoms with Crippen molar-refractivity contribution in [3.63, 3.8) is 0 Å². The van der Waals surface area contributed by atoms with Crippen molar-refractivity contribution in [2.45, 2.75) is 12.6 Å². The Morgan fingerprint density at radius 1 is 1.56 bits per heavy atom. The van der Waals surface area contributed by atoms with Crippen LogP contribution in [0.15, 0.2) is 36.8 Å². The molecular weight excluding hydrogens is 247 g/mol. The van der Waals surface area contributed by atoms with E-state index < -0.39 is 31.2 Å². The summed E-state index contributed by atoms with van der Waals surface area (Å²) in [5, 5.41) is 10.5. The molecule has 0 aliphatic rings. The maximum Gasteiger partial charge on any atom is 0.104 e. The van der Waals surface area contributed by atoms with Gasteiger partial charge in [0.2, 0.25) is 0 Å². The minimum Gasteiger partial charge on any atom is -0.387 e. The van der Waals surface area contributed by atoms with Gasteiger partial charge in [0.05, 0.1) is 35.8 Å². The van der Waals surface area contributed by atoms with Crippen LogP contribution in [0.3, 0.4) is 0 Å². The second-order valence-corrected chi connectivity index (χ2v) is 3.67. The monoisotopic (exact) mass is 262 g/mol. The number of rotatable bonds is 3. The number of aromatic nitrogens is 2. The Bertz CT molecular complexity index is 734. The zero-order chi connectivity index (χ0) is 16.9. The van der Waals surface area contributed by atoms with E-state index in [0.717, 1.165) is 6.07 Å². The first-order valence-electron chi connectivity index (χ1n) is 7.21. The lowest BCUT2D eigenvalue weighted by atomic mass is 10.1. The first kappa shape index (κ1) is 6.05. The number of benzene rings is 1. The fourth-order valence-electron chi connectivity index (χ4n) is 1.04. The predicted octanol–water partition coefficient (Wildman–Crippen LogP) is 2.92. The molecule has 2 aromatic rings. The molecule has 84 valence electrons. The lowest BCUT2D eigenvalue weighted by Gasteiger charge is -2.12. The fourth-order valence-corrected chi connectivity index (χ4v) is 1.34. The highest BCUT2D eigenvalue weighted by Crippen LogP contribution is 2.26. The number of hydrogen-bond donors (Lipinski definition) is 1. The molecule has 1 heterocycles. The SMILES string of the molecule is [2H]c1nc([2H])n(C([2H])([2H])C([2H])(O)c2ccc(Cl)c(Cl)c2)c1[2H]. The van der Waals surface area contributed by atoms with Crippen molar-refractivity contribution in [3.05, 3.63) is 52.5 Å². The molecule has 0 fully saturated rings. The molecule has 1 unspecified atom stereocenters. The third-order valence-electron chi connectivity index (χ3n) is 1.78. The summed E-state index contributed by atoms with van der Waals surface area (Å²) in [4.78, 5) is 3.34. The van der Waals surface area contributed by atoms with Crippen LogP contribution in [0, 0.1) is 0 Å². The molecular formula is C11H10Cl2N2O. The molecule has 3 nitrogen and oxygen atoms in total. The second kappa shape index (κ2) is 4.87. The van der Waals surface area contributed by atoms with E-state index in [0.29, 0.717) is 4.57 Å². The Kier molecular flexibility index (Phi) is 1.84. The molecule has 1 N–H and O–H groups in total. The molecule has 5 heteroatoms. The molecule has 0 spiro atoms. The van der Waals surface area contributed by atoms with Crippen LogP contribution in [0.5, 0.6) is 0 Å². The van der Waals surface area contributed by atoms with Gasteiger partial charge in [-0.1, -0.05) is 29.3 Å². The van der Waals surface area contributed by atoms with Crippen molar-refractivity contribution < 1.29 is 13.3 Å². The molecule has 0 aliphatic heterocycles. The molecule has 1 aromatic carbocycles. The molecule has 0 amide bonds. The Morgan fingerprint density at radius 2 is 2.38 bits per heavy atom. The summed E-state index contributed by atoms with van der Waals surface area (Å²) in [5.41, 5.74) is -0.217. The van der Waals surface area contributed by atoms with Crippen LogP contribution in [0.2, 0.25) is 10.0 Å². The van der Waals surface area contributed by atoms with Crippen molar-refractivity contribution >= 4 is 23.2 Å². The Morgan fingerprint density at radius 3 is 3.00 bits per heavy atom. The van der Waals surface area contributed by atoms with Crippen molar-refractivity contribution in [1.29, 1.82) is 0 Å². The number of imidazole rings is 1. The third-order valence-corrected chi connectivity index (χ3v) is 2.52. The van der Waals surface area contributed by atoms with Gasteiger partial charge in [-0.05, 0) is 17.7 Å². The second-order valence-electron chi connectivity index (χ2n) is 2.86. The molecule has 1 aromatic heterocycles. The van der Waals surface area contributed by atoms with Gasteiger partial charge in [-0.25, -0.2) is 4.98 Å². The highest BCUT2D eigenvalue weighted by Gasteiger charge is 2.09. The average Bonchev–Trinajstić information content (AvgIpc) is 2.66. The predicted molar refractivity (Wildman–Crippen MR) is 63.6 cm³/mol. The fraction of sp³-hybridized carbons (Fsp3) is 0.182. The van der Waals surface area contributed by atoms with E-state index >= 15 is 0 Å². The van der Waals surface area contributed by atoms with Gasteiger partial charge in [-0.3, -0.25) is 0 Å². The maximum atomic E-state index is 10.4. The number of halogens is 2. The first-order chi connectivity index (χ1) is 10.00. The quantitative estimate of drug-likeness (QED) is 0.924. The van der Waals surface area contributed by atoms with Gasteiger partial charge in [0.15, 0.2) is 0 Å². The summed E-state index contributed by atoms with van der Waals surface area (Å²) in [6.45, 7) is -2.94. The van der Waals surface area contributed by atoms with Gasteiger partial charge >= 0.3 is 0 Å². The van der Waals surface area contributed by atoms with Crippen molar-refractivity contribution in [1.82, 2.24) is 9.55 Å². The number of nitrogens with zero attached hydrogens (tertiary/aromatic N) is 2. The Hall–Kier alpha value is -1.03. The van der Waals surface area contributed by atoms with Gasteiger partial charge in [-0.15, -0.1) is 0 Å². The Labute approximate surface area is 112 Å². The minimum atomic E-state index is -2.94. The first-order valence-corrected chi connectivity index (χ1v) is 4.96. The standard InChI is InChI=1S/C11H10Cl2N2O/c12-9-2-1-8(5-10(9)13)11(16)6-15-4-3-14-7-15/h1-5,7,11,16H,6H2/i3D,4D,6D2,7D,11D. The largest absolute Gasteiger partial charge is 0.387 e. The van der Waals surface area contributed by atoms with Crippen LogP contribution in [-0.4, -0.2) is 14.7 Å². The molecule has 16 heavy (non-hydrogen) atoms. The van der Waals surface area contributed by atoms with E-state index in [9.17, 15) is 5.11 Å². The van der Waals surface area contributed by atoms with Crippen LogP contribution < -0.4 is 0 Å². The number of aliphatic hydroxyl groups is 1. The van der Waals surface area contributed by atoms with E-state index in [4.69, 9.17) is 31.4 Å². The number of hydrogen-bond acceptors (Lipinski definition) is 2. The van der Waals surface area contributed by atoms with Crippen LogP contribution in [0.4, 0.5) is 0 Å². The zero-order valence-corrected chi connectivity index (χ0v) is 9.34. The van der Waals surface area contributed by atoms with E-state index in [1.165, 1.54) is 12.1 Å². The third kappa shape index (κ3) is 2.55. The maximum absolute atomic E-state index is 10.4. The van der Waals surface area contributed by atoms with Crippen molar-refractivity contribution in [2.75, 3.05) is 0 Å². The van der Waals surface area contributed by atoms with Gasteiger partial charge in [-0.2, -0.15) is 0 Å². The topological polar surface area (TPSA) is 38.0 Å². The lowest BCUT2D eigenvalue weighted by Crippen LogP contribution is -2.06. The van der Waals surface area contributed by atoms with Crippen LogP contribution in [0.1, 0.15) is 19.9 Å². The zero-order valence-electron chi connectivity index (χ0n) is 13.8. The van der Waals surface area contributed by atoms with Gasteiger partial charge in [0, 0.05) is 12.3 Å².